The van der Waals surface area contributed by atoms with E-state index in [2.05, 4.69) is 34.6 Å². The van der Waals surface area contributed by atoms with E-state index in [1.165, 1.54) is 0 Å². The summed E-state index contributed by atoms with van der Waals surface area (Å²) < 4.78 is 0. The van der Waals surface area contributed by atoms with Crippen molar-refractivity contribution in [2.75, 3.05) is 0 Å². The number of rotatable bonds is 2. The van der Waals surface area contributed by atoms with E-state index in [4.69, 9.17) is 0 Å². The van der Waals surface area contributed by atoms with Gasteiger partial charge in [-0.15, -0.1) is 0 Å². The molecule has 3 fully saturated rings. The zero-order chi connectivity index (χ0) is 17.3. The highest BCUT2D eigenvalue weighted by Crippen LogP contribution is 2.79. The monoisotopic (exact) mass is 320 g/mol. The summed E-state index contributed by atoms with van der Waals surface area (Å²) in [5.74, 6) is 0.0310. The van der Waals surface area contributed by atoms with Crippen LogP contribution in [0, 0.1) is 33.5 Å². The highest BCUT2D eigenvalue weighted by molar-refractivity contribution is 5.91. The molecule has 5 atom stereocenters. The molecule has 0 unspecified atom stereocenters. The Balaban J connectivity index is 2.26. The molecule has 0 bridgehead atoms. The van der Waals surface area contributed by atoms with Gasteiger partial charge in [0, 0.05) is 11.3 Å². The fourth-order valence-electron chi connectivity index (χ4n) is 7.63. The van der Waals surface area contributed by atoms with Gasteiger partial charge in [-0.3, -0.25) is 9.59 Å². The van der Waals surface area contributed by atoms with Gasteiger partial charge in [-0.25, -0.2) is 0 Å². The van der Waals surface area contributed by atoms with Crippen molar-refractivity contribution in [1.29, 1.82) is 0 Å². The number of carboxylic acids is 1. The number of hydrogen-bond donors (Lipinski definition) is 1. The topological polar surface area (TPSA) is 54.4 Å². The Labute approximate surface area is 140 Å². The van der Waals surface area contributed by atoms with Crippen LogP contribution in [-0.2, 0) is 9.59 Å². The third-order valence-electron chi connectivity index (χ3n) is 7.94. The lowest BCUT2D eigenvalue weighted by atomic mass is 9.49. The third kappa shape index (κ3) is 1.94. The number of carbonyl (C=O) groups is 2. The summed E-state index contributed by atoms with van der Waals surface area (Å²) in [6.07, 6.45) is 6.27. The lowest BCUT2D eigenvalue weighted by Gasteiger charge is -2.52. The quantitative estimate of drug-likeness (QED) is 0.803. The first-order valence-corrected chi connectivity index (χ1v) is 9.26. The van der Waals surface area contributed by atoms with Gasteiger partial charge < -0.3 is 5.11 Å². The number of hydrogen-bond acceptors (Lipinski definition) is 2. The van der Waals surface area contributed by atoms with Gasteiger partial charge in [0.25, 0.3) is 0 Å². The summed E-state index contributed by atoms with van der Waals surface area (Å²) in [7, 11) is 0. The molecule has 3 aliphatic rings. The van der Waals surface area contributed by atoms with Crippen LogP contribution in [0.3, 0.4) is 0 Å². The second-order valence-corrected chi connectivity index (χ2v) is 9.91. The van der Waals surface area contributed by atoms with E-state index >= 15 is 0 Å². The molecule has 3 aliphatic carbocycles. The maximum absolute atomic E-state index is 13.7. The van der Waals surface area contributed by atoms with Crippen LogP contribution in [0.25, 0.3) is 0 Å². The lowest BCUT2D eigenvalue weighted by Crippen LogP contribution is -2.55. The van der Waals surface area contributed by atoms with Gasteiger partial charge in [-0.05, 0) is 54.3 Å². The van der Waals surface area contributed by atoms with Crippen LogP contribution in [0.2, 0.25) is 0 Å². The van der Waals surface area contributed by atoms with Crippen molar-refractivity contribution >= 4 is 11.8 Å². The molecule has 0 saturated heterocycles. The average molecular weight is 320 g/mol. The molecule has 0 aliphatic heterocycles. The van der Waals surface area contributed by atoms with Crippen molar-refractivity contribution in [2.24, 2.45) is 33.5 Å². The van der Waals surface area contributed by atoms with Crippen LogP contribution in [0.1, 0.15) is 79.6 Å². The van der Waals surface area contributed by atoms with Gasteiger partial charge in [0.05, 0.1) is 6.42 Å². The van der Waals surface area contributed by atoms with Gasteiger partial charge in [0.2, 0.25) is 0 Å². The van der Waals surface area contributed by atoms with Crippen LogP contribution in [0.15, 0.2) is 0 Å². The number of carboxylic acid groups (broad SMARTS) is 1. The summed E-state index contributed by atoms with van der Waals surface area (Å²) in [6, 6.07) is 0. The second kappa shape index (κ2) is 4.83. The number of carbonyl (C=O) groups excluding carboxylic acids is 1. The largest absolute Gasteiger partial charge is 0.481 e. The second-order valence-electron chi connectivity index (χ2n) is 9.91. The number of Topliss-reactive ketones (excluding diaryl/α,β-unsaturated/α-hetero) is 1. The highest BCUT2D eigenvalue weighted by atomic mass is 16.4. The van der Waals surface area contributed by atoms with E-state index < -0.39 is 16.8 Å². The van der Waals surface area contributed by atoms with Crippen LogP contribution >= 0.6 is 0 Å². The molecule has 3 heteroatoms. The van der Waals surface area contributed by atoms with E-state index in [0.29, 0.717) is 11.7 Å². The summed E-state index contributed by atoms with van der Waals surface area (Å²) in [4.78, 5) is 25.4. The van der Waals surface area contributed by atoms with Crippen molar-refractivity contribution < 1.29 is 14.7 Å². The summed E-state index contributed by atoms with van der Waals surface area (Å²) in [5, 5.41) is 9.61. The Morgan fingerprint density at radius 2 is 1.83 bits per heavy atom. The van der Waals surface area contributed by atoms with Gasteiger partial charge in [0.1, 0.15) is 5.78 Å². The van der Waals surface area contributed by atoms with Crippen molar-refractivity contribution in [3.63, 3.8) is 0 Å². The minimum Gasteiger partial charge on any atom is -0.481 e. The molecule has 0 aromatic carbocycles. The van der Waals surface area contributed by atoms with Crippen molar-refractivity contribution in [3.05, 3.63) is 0 Å². The minimum absolute atomic E-state index is 0.0303. The van der Waals surface area contributed by atoms with E-state index in [1.54, 1.807) is 0 Å². The SMILES string of the molecule is C[C@@H]1CCC[C@@]2(C)CC[C@@H]3C(C)(C)C[C@@](C)(CC(=O)O)[C@@]32C1=O. The number of ketones is 1. The van der Waals surface area contributed by atoms with Gasteiger partial charge in [0.15, 0.2) is 0 Å². The molecule has 23 heavy (non-hydrogen) atoms. The Kier molecular flexibility index (Phi) is 3.56. The molecule has 0 radical (unpaired) electrons. The normalized spacial score (nSPS) is 48.7. The molecule has 1 N–H and O–H groups in total. The zero-order valence-corrected chi connectivity index (χ0v) is 15.4. The molecule has 3 nitrogen and oxygen atoms in total. The van der Waals surface area contributed by atoms with Crippen LogP contribution < -0.4 is 0 Å². The Morgan fingerprint density at radius 3 is 2.43 bits per heavy atom. The van der Waals surface area contributed by atoms with Crippen molar-refractivity contribution in [1.82, 2.24) is 0 Å². The highest BCUT2D eigenvalue weighted by Gasteiger charge is 2.76. The lowest BCUT2D eigenvalue weighted by molar-refractivity contribution is -0.157. The molecular weight excluding hydrogens is 288 g/mol. The van der Waals surface area contributed by atoms with Gasteiger partial charge >= 0.3 is 5.97 Å². The fraction of sp³-hybridized carbons (Fsp3) is 0.900. The molecule has 0 aromatic rings. The summed E-state index contributed by atoms with van der Waals surface area (Å²) in [6.45, 7) is 11.0. The molecule has 3 saturated carbocycles. The Bertz CT molecular complexity index is 551. The summed E-state index contributed by atoms with van der Waals surface area (Å²) in [5.41, 5.74) is -0.856. The molecule has 130 valence electrons. The Morgan fingerprint density at radius 1 is 1.17 bits per heavy atom. The molecule has 0 amide bonds. The Hall–Kier alpha value is -0.860. The number of aliphatic carboxylic acids is 1. The van der Waals surface area contributed by atoms with E-state index in [9.17, 15) is 14.7 Å². The maximum Gasteiger partial charge on any atom is 0.303 e. The van der Waals surface area contributed by atoms with Gasteiger partial charge in [-0.1, -0.05) is 41.0 Å². The molecule has 1 spiro atoms. The zero-order valence-electron chi connectivity index (χ0n) is 15.4. The predicted molar refractivity (Wildman–Crippen MR) is 90.0 cm³/mol. The van der Waals surface area contributed by atoms with Crippen molar-refractivity contribution in [3.8, 4) is 0 Å². The standard InChI is InChI=1S/C20H32O3/c1-13-7-6-9-18(4)10-8-14-17(2,3)12-19(5,11-15(21)22)20(14,18)16(13)23/h13-14H,6-12H2,1-5H3,(H,21,22)/t13-,14-,18+,19-,20-/m1/s1. The molecule has 0 aromatic heterocycles. The van der Waals surface area contributed by atoms with Crippen molar-refractivity contribution in [2.45, 2.75) is 79.6 Å². The third-order valence-corrected chi connectivity index (χ3v) is 7.94. The first-order valence-electron chi connectivity index (χ1n) is 9.26. The average Bonchev–Trinajstić information content (AvgIpc) is 2.76. The van der Waals surface area contributed by atoms with Crippen LogP contribution in [0.4, 0.5) is 0 Å². The van der Waals surface area contributed by atoms with Gasteiger partial charge in [-0.2, -0.15) is 0 Å². The smallest absolute Gasteiger partial charge is 0.303 e. The summed E-state index contributed by atoms with van der Waals surface area (Å²) >= 11 is 0. The maximum atomic E-state index is 13.7. The molecular formula is C20H32O3. The fourth-order valence-corrected chi connectivity index (χ4v) is 7.63. The van der Waals surface area contributed by atoms with E-state index in [1.807, 2.05) is 0 Å². The minimum atomic E-state index is -0.753. The first-order chi connectivity index (χ1) is 10.5. The molecule has 0 heterocycles. The van der Waals surface area contributed by atoms with E-state index in [-0.39, 0.29) is 23.2 Å². The predicted octanol–water partition coefficient (Wildman–Crippen LogP) is 4.69. The molecule has 3 rings (SSSR count). The first kappa shape index (κ1) is 17.0. The van der Waals surface area contributed by atoms with Crippen LogP contribution in [-0.4, -0.2) is 16.9 Å². The van der Waals surface area contributed by atoms with Crippen LogP contribution in [0.5, 0.6) is 0 Å². The van der Waals surface area contributed by atoms with E-state index in [0.717, 1.165) is 38.5 Å².